The fourth-order valence-electron chi connectivity index (χ4n) is 1.76. The summed E-state index contributed by atoms with van der Waals surface area (Å²) < 4.78 is 0. The third-order valence-electron chi connectivity index (χ3n) is 2.39. The maximum Gasteiger partial charge on any atom is 0.317 e. The second kappa shape index (κ2) is 7.62. The zero-order chi connectivity index (χ0) is 15.1. The number of amides is 1. The van der Waals surface area contributed by atoms with Crippen LogP contribution in [0.2, 0.25) is 0 Å². The van der Waals surface area contributed by atoms with Crippen molar-refractivity contribution in [1.82, 2.24) is 4.90 Å². The third kappa shape index (κ3) is 5.38. The molecule has 0 radical (unpaired) electrons. The van der Waals surface area contributed by atoms with E-state index < -0.39 is 5.97 Å². The molecule has 0 unspecified atom stereocenters. The molecule has 0 aliphatic heterocycles. The summed E-state index contributed by atoms with van der Waals surface area (Å²) in [6.07, 6.45) is 0. The van der Waals surface area contributed by atoms with E-state index in [-0.39, 0.29) is 24.9 Å². The number of hydrogen-bond acceptors (Lipinski definition) is 5. The average molecular weight is 295 g/mol. The van der Waals surface area contributed by atoms with E-state index in [2.05, 4.69) is 5.32 Å². The molecule has 108 valence electrons. The molecular formula is C13H17N3O3S. The van der Waals surface area contributed by atoms with Gasteiger partial charge in [-0.1, -0.05) is 13.8 Å². The fourth-order valence-corrected chi connectivity index (χ4v) is 2.51. The van der Waals surface area contributed by atoms with Crippen LogP contribution in [0.3, 0.4) is 0 Å². The monoisotopic (exact) mass is 295 g/mol. The van der Waals surface area contributed by atoms with E-state index in [4.69, 9.17) is 10.4 Å². The first-order valence-electron chi connectivity index (χ1n) is 6.14. The number of carboxylic acids is 1. The number of aliphatic carboxylic acids is 1. The van der Waals surface area contributed by atoms with Crippen LogP contribution in [-0.4, -0.2) is 41.5 Å². The summed E-state index contributed by atoms with van der Waals surface area (Å²) >= 11 is 1.27. The van der Waals surface area contributed by atoms with Gasteiger partial charge in [-0.25, -0.2) is 0 Å². The normalized spacial score (nSPS) is 10.6. The Kier molecular flexibility index (Phi) is 6.15. The summed E-state index contributed by atoms with van der Waals surface area (Å²) in [4.78, 5) is 24.3. The summed E-state index contributed by atoms with van der Waals surface area (Å²) in [6, 6.07) is 3.62. The van der Waals surface area contributed by atoms with Crippen LogP contribution in [0.15, 0.2) is 11.4 Å². The van der Waals surface area contributed by atoms with Gasteiger partial charge in [0.15, 0.2) is 0 Å². The standard InChI is InChI=1S/C13H17N3O3S/c1-9(2)6-16(8-12(18)19)7-11(17)15-13-10(5-14)3-4-20-13/h3-4,9H,6-8H2,1-2H3,(H,15,17)(H,18,19). The van der Waals surface area contributed by atoms with E-state index in [9.17, 15) is 9.59 Å². The Morgan fingerprint density at radius 2 is 2.20 bits per heavy atom. The van der Waals surface area contributed by atoms with Crippen molar-refractivity contribution in [1.29, 1.82) is 5.26 Å². The van der Waals surface area contributed by atoms with E-state index in [1.54, 1.807) is 16.3 Å². The molecule has 0 spiro atoms. The van der Waals surface area contributed by atoms with E-state index in [0.29, 0.717) is 17.1 Å². The second-order valence-corrected chi connectivity index (χ2v) is 5.70. The molecule has 0 aliphatic carbocycles. The Hall–Kier alpha value is -1.91. The summed E-state index contributed by atoms with van der Waals surface area (Å²) in [5.41, 5.74) is 0.414. The highest BCUT2D eigenvalue weighted by Gasteiger charge is 2.16. The van der Waals surface area contributed by atoms with Crippen LogP contribution >= 0.6 is 11.3 Å². The Labute approximate surface area is 121 Å². The van der Waals surface area contributed by atoms with Crippen molar-refractivity contribution in [3.05, 3.63) is 17.0 Å². The number of thiophene rings is 1. The number of carbonyl (C=O) groups excluding carboxylic acids is 1. The molecule has 1 rings (SSSR count). The van der Waals surface area contributed by atoms with Gasteiger partial charge in [0, 0.05) is 6.54 Å². The van der Waals surface area contributed by atoms with Crippen molar-refractivity contribution in [2.75, 3.05) is 25.0 Å². The number of carbonyl (C=O) groups is 2. The van der Waals surface area contributed by atoms with Crippen LogP contribution in [0.5, 0.6) is 0 Å². The molecule has 0 bridgehead atoms. The molecule has 1 amide bonds. The molecule has 7 heteroatoms. The molecule has 0 atom stereocenters. The topological polar surface area (TPSA) is 93.4 Å². The van der Waals surface area contributed by atoms with Gasteiger partial charge in [-0.3, -0.25) is 14.5 Å². The number of nitriles is 1. The van der Waals surface area contributed by atoms with E-state index in [1.165, 1.54) is 11.3 Å². The summed E-state index contributed by atoms with van der Waals surface area (Å²) in [6.45, 7) is 4.25. The van der Waals surface area contributed by atoms with Gasteiger partial charge in [0.1, 0.15) is 11.1 Å². The van der Waals surface area contributed by atoms with E-state index in [0.717, 1.165) is 0 Å². The lowest BCUT2D eigenvalue weighted by molar-refractivity contribution is -0.138. The van der Waals surface area contributed by atoms with Crippen molar-refractivity contribution in [2.45, 2.75) is 13.8 Å². The van der Waals surface area contributed by atoms with Crippen LogP contribution in [0.25, 0.3) is 0 Å². The highest BCUT2D eigenvalue weighted by molar-refractivity contribution is 7.14. The Morgan fingerprint density at radius 3 is 2.75 bits per heavy atom. The van der Waals surface area contributed by atoms with Gasteiger partial charge in [0.25, 0.3) is 0 Å². The van der Waals surface area contributed by atoms with Gasteiger partial charge in [-0.15, -0.1) is 11.3 Å². The predicted octanol–water partition coefficient (Wildman–Crippen LogP) is 1.60. The lowest BCUT2D eigenvalue weighted by Gasteiger charge is -2.21. The lowest BCUT2D eigenvalue weighted by Crippen LogP contribution is -2.39. The van der Waals surface area contributed by atoms with Crippen LogP contribution in [0.1, 0.15) is 19.4 Å². The fraction of sp³-hybridized carbons (Fsp3) is 0.462. The van der Waals surface area contributed by atoms with E-state index >= 15 is 0 Å². The summed E-state index contributed by atoms with van der Waals surface area (Å²) in [7, 11) is 0. The highest BCUT2D eigenvalue weighted by atomic mass is 32.1. The zero-order valence-corrected chi connectivity index (χ0v) is 12.2. The van der Waals surface area contributed by atoms with E-state index in [1.807, 2.05) is 19.9 Å². The molecule has 6 nitrogen and oxygen atoms in total. The second-order valence-electron chi connectivity index (χ2n) is 4.78. The SMILES string of the molecule is CC(C)CN(CC(=O)O)CC(=O)Nc1sccc1C#N. The number of carboxylic acid groups (broad SMARTS) is 1. The van der Waals surface area contributed by atoms with Crippen molar-refractivity contribution in [3.63, 3.8) is 0 Å². The first-order chi connectivity index (χ1) is 9.42. The first-order valence-corrected chi connectivity index (χ1v) is 7.02. The maximum absolute atomic E-state index is 11.9. The van der Waals surface area contributed by atoms with Gasteiger partial charge in [-0.05, 0) is 17.4 Å². The highest BCUT2D eigenvalue weighted by Crippen LogP contribution is 2.21. The van der Waals surface area contributed by atoms with Gasteiger partial charge in [0.2, 0.25) is 5.91 Å². The molecule has 20 heavy (non-hydrogen) atoms. The van der Waals surface area contributed by atoms with Crippen LogP contribution < -0.4 is 5.32 Å². The average Bonchev–Trinajstić information content (AvgIpc) is 2.73. The molecule has 0 aromatic carbocycles. The largest absolute Gasteiger partial charge is 0.480 e. The predicted molar refractivity (Wildman–Crippen MR) is 76.6 cm³/mol. The molecule has 2 N–H and O–H groups in total. The summed E-state index contributed by atoms with van der Waals surface area (Å²) in [5, 5.41) is 22.5. The molecule has 0 aliphatic rings. The molecule has 1 aromatic rings. The summed E-state index contributed by atoms with van der Waals surface area (Å²) in [5.74, 6) is -1.02. The minimum Gasteiger partial charge on any atom is -0.480 e. The number of nitrogens with zero attached hydrogens (tertiary/aromatic N) is 2. The zero-order valence-electron chi connectivity index (χ0n) is 11.4. The van der Waals surface area contributed by atoms with Crippen molar-refractivity contribution < 1.29 is 14.7 Å². The maximum atomic E-state index is 11.9. The Morgan fingerprint density at radius 1 is 1.50 bits per heavy atom. The van der Waals surface area contributed by atoms with Crippen LogP contribution in [0, 0.1) is 17.2 Å². The first kappa shape index (κ1) is 16.1. The Balaban J connectivity index is 2.62. The van der Waals surface area contributed by atoms with Crippen molar-refractivity contribution in [3.8, 4) is 6.07 Å². The van der Waals surface area contributed by atoms with Crippen LogP contribution in [-0.2, 0) is 9.59 Å². The van der Waals surface area contributed by atoms with Crippen molar-refractivity contribution >= 4 is 28.2 Å². The molecular weight excluding hydrogens is 278 g/mol. The van der Waals surface area contributed by atoms with Gasteiger partial charge in [0.05, 0.1) is 18.7 Å². The Bertz CT molecular complexity index is 519. The lowest BCUT2D eigenvalue weighted by atomic mass is 10.2. The molecule has 0 saturated heterocycles. The molecule has 1 aromatic heterocycles. The number of hydrogen-bond donors (Lipinski definition) is 2. The molecule has 1 heterocycles. The smallest absolute Gasteiger partial charge is 0.317 e. The molecule has 0 saturated carbocycles. The number of anilines is 1. The minimum atomic E-state index is -0.965. The van der Waals surface area contributed by atoms with Crippen molar-refractivity contribution in [2.24, 2.45) is 5.92 Å². The minimum absolute atomic E-state index is 0.00670. The third-order valence-corrected chi connectivity index (χ3v) is 3.22. The van der Waals surface area contributed by atoms with Crippen LogP contribution in [0.4, 0.5) is 5.00 Å². The quantitative estimate of drug-likeness (QED) is 0.797. The van der Waals surface area contributed by atoms with Gasteiger partial charge < -0.3 is 10.4 Å². The molecule has 0 fully saturated rings. The number of rotatable bonds is 7. The van der Waals surface area contributed by atoms with Gasteiger partial charge >= 0.3 is 5.97 Å². The van der Waals surface area contributed by atoms with Gasteiger partial charge in [-0.2, -0.15) is 5.26 Å². The number of nitrogens with one attached hydrogen (secondary N) is 1.